The molecule has 2 amide bonds. The number of rotatable bonds is 7. The molecule has 0 fully saturated rings. The predicted octanol–water partition coefficient (Wildman–Crippen LogP) is 2.69. The van der Waals surface area contributed by atoms with Gasteiger partial charge in [-0.1, -0.05) is 0 Å². The first-order valence-corrected chi connectivity index (χ1v) is 8.71. The number of thioether (sulfide) groups is 1. The molecule has 0 aromatic heterocycles. The Hall–Kier alpha value is -3.07. The zero-order chi connectivity index (χ0) is 19.1. The average Bonchev–Trinajstić information content (AvgIpc) is 2.66. The molecule has 0 heterocycles. The highest BCUT2D eigenvalue weighted by molar-refractivity contribution is 7.98. The number of nitro benzene ring substituents is 1. The van der Waals surface area contributed by atoms with Crippen LogP contribution in [0.1, 0.15) is 10.4 Å². The molecule has 0 radical (unpaired) electrons. The van der Waals surface area contributed by atoms with Crippen molar-refractivity contribution in [2.75, 3.05) is 25.2 Å². The van der Waals surface area contributed by atoms with Gasteiger partial charge in [-0.2, -0.15) is 0 Å². The van der Waals surface area contributed by atoms with Crippen molar-refractivity contribution in [3.8, 4) is 5.75 Å². The highest BCUT2D eigenvalue weighted by Crippen LogP contribution is 2.27. The van der Waals surface area contributed by atoms with Gasteiger partial charge in [0.25, 0.3) is 5.91 Å². The molecule has 2 N–H and O–H groups in total. The molecule has 9 heteroatoms. The lowest BCUT2D eigenvalue weighted by Crippen LogP contribution is -2.32. The smallest absolute Gasteiger partial charge is 0.311 e. The maximum Gasteiger partial charge on any atom is 0.311 e. The number of carbonyl (C=O) groups excluding carboxylic acids is 2. The minimum Gasteiger partial charge on any atom is -0.490 e. The van der Waals surface area contributed by atoms with Crippen LogP contribution in [0.2, 0.25) is 0 Å². The summed E-state index contributed by atoms with van der Waals surface area (Å²) in [6.45, 7) is -0.261. The largest absolute Gasteiger partial charge is 0.490 e. The second-order valence-electron chi connectivity index (χ2n) is 5.10. The van der Waals surface area contributed by atoms with Crippen LogP contribution < -0.4 is 15.4 Å². The number of hydrogen-bond acceptors (Lipinski definition) is 6. The van der Waals surface area contributed by atoms with Crippen LogP contribution in [0.4, 0.5) is 11.4 Å². The van der Waals surface area contributed by atoms with Gasteiger partial charge in [0.1, 0.15) is 0 Å². The zero-order valence-corrected chi connectivity index (χ0v) is 15.0. The Morgan fingerprint density at radius 3 is 2.46 bits per heavy atom. The van der Waals surface area contributed by atoms with E-state index < -0.39 is 16.7 Å². The molecule has 0 aliphatic carbocycles. The standard InChI is InChI=1S/C17H17N3O5S/c1-25-15-8-3-11(9-14(15)20(23)24)17(22)18-10-16(21)19-12-4-6-13(26-2)7-5-12/h3-9H,10H2,1-2H3,(H,18,22)(H,19,21). The number of hydrogen-bond donors (Lipinski definition) is 2. The van der Waals surface area contributed by atoms with Crippen molar-refractivity contribution in [1.82, 2.24) is 5.32 Å². The molecule has 0 spiro atoms. The number of methoxy groups -OCH3 is 1. The lowest BCUT2D eigenvalue weighted by atomic mass is 10.1. The van der Waals surface area contributed by atoms with Crippen molar-refractivity contribution in [1.29, 1.82) is 0 Å². The third-order valence-electron chi connectivity index (χ3n) is 3.42. The number of nitrogens with zero attached hydrogens (tertiary/aromatic N) is 1. The van der Waals surface area contributed by atoms with Crippen molar-refractivity contribution in [3.05, 3.63) is 58.1 Å². The van der Waals surface area contributed by atoms with E-state index in [2.05, 4.69) is 10.6 Å². The van der Waals surface area contributed by atoms with E-state index in [0.29, 0.717) is 5.69 Å². The van der Waals surface area contributed by atoms with Crippen LogP contribution in [0.15, 0.2) is 47.4 Å². The lowest BCUT2D eigenvalue weighted by molar-refractivity contribution is -0.385. The first-order valence-electron chi connectivity index (χ1n) is 7.49. The summed E-state index contributed by atoms with van der Waals surface area (Å²) in [5.41, 5.74) is 0.357. The molecule has 26 heavy (non-hydrogen) atoms. The van der Waals surface area contributed by atoms with Gasteiger partial charge in [0.2, 0.25) is 5.91 Å². The molecular formula is C17H17N3O5S. The highest BCUT2D eigenvalue weighted by Gasteiger charge is 2.18. The Bertz CT molecular complexity index is 824. The fourth-order valence-electron chi connectivity index (χ4n) is 2.12. The number of amides is 2. The van der Waals surface area contributed by atoms with Gasteiger partial charge in [-0.05, 0) is 42.7 Å². The average molecular weight is 375 g/mol. The molecule has 0 unspecified atom stereocenters. The zero-order valence-electron chi connectivity index (χ0n) is 14.1. The molecule has 0 saturated carbocycles. The Morgan fingerprint density at radius 1 is 1.19 bits per heavy atom. The van der Waals surface area contributed by atoms with Crippen molar-refractivity contribution in [2.24, 2.45) is 0 Å². The SMILES string of the molecule is COc1ccc(C(=O)NCC(=O)Nc2ccc(SC)cc2)cc1[N+](=O)[O-]. The molecule has 2 aromatic rings. The highest BCUT2D eigenvalue weighted by atomic mass is 32.2. The molecule has 0 bridgehead atoms. The van der Waals surface area contributed by atoms with Gasteiger partial charge in [0.05, 0.1) is 18.6 Å². The molecule has 2 rings (SSSR count). The first-order chi connectivity index (χ1) is 12.4. The van der Waals surface area contributed by atoms with E-state index in [9.17, 15) is 19.7 Å². The summed E-state index contributed by atoms with van der Waals surface area (Å²) < 4.78 is 4.88. The third-order valence-corrected chi connectivity index (χ3v) is 4.16. The van der Waals surface area contributed by atoms with Crippen molar-refractivity contribution >= 4 is 35.0 Å². The van der Waals surface area contributed by atoms with Gasteiger partial charge in [-0.25, -0.2) is 0 Å². The molecule has 0 aliphatic rings. The van der Waals surface area contributed by atoms with E-state index in [-0.39, 0.29) is 23.5 Å². The second-order valence-corrected chi connectivity index (χ2v) is 5.98. The molecule has 0 atom stereocenters. The summed E-state index contributed by atoms with van der Waals surface area (Å²) in [6.07, 6.45) is 1.95. The maximum atomic E-state index is 12.1. The number of nitro groups is 1. The van der Waals surface area contributed by atoms with Gasteiger partial charge < -0.3 is 15.4 Å². The maximum absolute atomic E-state index is 12.1. The molecule has 2 aromatic carbocycles. The van der Waals surface area contributed by atoms with Gasteiger partial charge in [0.15, 0.2) is 5.75 Å². The van der Waals surface area contributed by atoms with Gasteiger partial charge in [-0.3, -0.25) is 19.7 Å². The number of nitrogens with one attached hydrogen (secondary N) is 2. The van der Waals surface area contributed by atoms with Crippen molar-refractivity contribution in [3.63, 3.8) is 0 Å². The summed E-state index contributed by atoms with van der Waals surface area (Å²) in [5, 5.41) is 16.1. The first kappa shape index (κ1) is 19.3. The summed E-state index contributed by atoms with van der Waals surface area (Å²) >= 11 is 1.59. The van der Waals surface area contributed by atoms with E-state index in [1.54, 1.807) is 23.9 Å². The Morgan fingerprint density at radius 2 is 1.88 bits per heavy atom. The topological polar surface area (TPSA) is 111 Å². The Labute approximate surface area is 154 Å². The second kappa shape index (κ2) is 8.86. The van der Waals surface area contributed by atoms with Crippen LogP contribution in [0.5, 0.6) is 5.75 Å². The third kappa shape index (κ3) is 4.96. The van der Waals surface area contributed by atoms with E-state index in [1.165, 1.54) is 19.2 Å². The number of ether oxygens (including phenoxy) is 1. The quantitative estimate of drug-likeness (QED) is 0.437. The van der Waals surface area contributed by atoms with E-state index in [4.69, 9.17) is 4.74 Å². The fraction of sp³-hybridized carbons (Fsp3) is 0.176. The molecule has 0 aliphatic heterocycles. The van der Waals surface area contributed by atoms with Crippen LogP contribution in [-0.4, -0.2) is 36.6 Å². The van der Waals surface area contributed by atoms with E-state index >= 15 is 0 Å². The summed E-state index contributed by atoms with van der Waals surface area (Å²) in [6, 6.07) is 11.1. The molecule has 8 nitrogen and oxygen atoms in total. The fourth-order valence-corrected chi connectivity index (χ4v) is 2.52. The molecule has 0 saturated heterocycles. The summed E-state index contributed by atoms with van der Waals surface area (Å²) in [5.74, 6) is -0.945. The monoisotopic (exact) mass is 375 g/mol. The van der Waals surface area contributed by atoms with Crippen LogP contribution in [-0.2, 0) is 4.79 Å². The Kier molecular flexibility index (Phi) is 6.56. The predicted molar refractivity (Wildman–Crippen MR) is 98.8 cm³/mol. The van der Waals surface area contributed by atoms with E-state index in [1.807, 2.05) is 18.4 Å². The Balaban J connectivity index is 1.96. The van der Waals surface area contributed by atoms with E-state index in [0.717, 1.165) is 11.0 Å². The minimum atomic E-state index is -0.638. The minimum absolute atomic E-state index is 0.0537. The summed E-state index contributed by atoms with van der Waals surface area (Å²) in [4.78, 5) is 35.4. The van der Waals surface area contributed by atoms with Crippen molar-refractivity contribution < 1.29 is 19.2 Å². The van der Waals surface area contributed by atoms with Crippen molar-refractivity contribution in [2.45, 2.75) is 4.90 Å². The number of carbonyl (C=O) groups is 2. The van der Waals surface area contributed by atoms with Crippen LogP contribution >= 0.6 is 11.8 Å². The molecular weight excluding hydrogens is 358 g/mol. The summed E-state index contributed by atoms with van der Waals surface area (Å²) in [7, 11) is 1.30. The number of anilines is 1. The van der Waals surface area contributed by atoms with Gasteiger partial charge >= 0.3 is 5.69 Å². The van der Waals surface area contributed by atoms with Crippen LogP contribution in [0.3, 0.4) is 0 Å². The van der Waals surface area contributed by atoms with Gasteiger partial charge in [0, 0.05) is 22.2 Å². The van der Waals surface area contributed by atoms with Crippen LogP contribution in [0.25, 0.3) is 0 Å². The molecule has 136 valence electrons. The normalized spacial score (nSPS) is 10.1. The number of benzene rings is 2. The van der Waals surface area contributed by atoms with Gasteiger partial charge in [-0.15, -0.1) is 11.8 Å². The lowest BCUT2D eigenvalue weighted by Gasteiger charge is -2.08. The van der Waals surface area contributed by atoms with Crippen LogP contribution in [0, 0.1) is 10.1 Å².